The minimum atomic E-state index is -0.292. The molecule has 1 aromatic carbocycles. The lowest BCUT2D eigenvalue weighted by Crippen LogP contribution is -2.12. The predicted molar refractivity (Wildman–Crippen MR) is 57.8 cm³/mol. The zero-order valence-electron chi connectivity index (χ0n) is 7.89. The normalized spacial score (nSPS) is 16.4. The van der Waals surface area contributed by atoms with Crippen LogP contribution in [0.5, 0.6) is 0 Å². The van der Waals surface area contributed by atoms with Crippen LogP contribution in [0.3, 0.4) is 0 Å². The van der Waals surface area contributed by atoms with Crippen LogP contribution in [0, 0.1) is 11.7 Å². The van der Waals surface area contributed by atoms with E-state index in [2.05, 4.69) is 6.58 Å². The maximum atomic E-state index is 12.8. The third-order valence-corrected chi connectivity index (χ3v) is 3.19. The van der Waals surface area contributed by atoms with Crippen molar-refractivity contribution in [1.29, 1.82) is 0 Å². The van der Waals surface area contributed by atoms with Crippen molar-refractivity contribution in [3.63, 3.8) is 0 Å². The molecule has 1 aliphatic rings. The van der Waals surface area contributed by atoms with Crippen molar-refractivity contribution in [2.24, 2.45) is 5.92 Å². The molecule has 1 fully saturated rings. The Morgan fingerprint density at radius 3 is 2.64 bits per heavy atom. The van der Waals surface area contributed by atoms with Gasteiger partial charge in [-0.15, -0.1) is 0 Å². The van der Waals surface area contributed by atoms with Crippen LogP contribution in [-0.4, -0.2) is 0 Å². The summed E-state index contributed by atoms with van der Waals surface area (Å²) >= 11 is 5.95. The summed E-state index contributed by atoms with van der Waals surface area (Å²) in [4.78, 5) is 0. The molecule has 2 rings (SSSR count). The molecule has 74 valence electrons. The molecule has 1 saturated carbocycles. The Labute approximate surface area is 88.4 Å². The highest BCUT2D eigenvalue weighted by Gasteiger charge is 2.22. The van der Waals surface area contributed by atoms with Gasteiger partial charge in [0.2, 0.25) is 0 Å². The van der Waals surface area contributed by atoms with E-state index in [4.69, 9.17) is 11.6 Å². The third-order valence-electron chi connectivity index (χ3n) is 2.88. The molecule has 0 radical (unpaired) electrons. The lowest BCUT2D eigenvalue weighted by molar-refractivity contribution is 0.401. The molecular formula is C12H12ClF. The minimum absolute atomic E-state index is 0.292. The van der Waals surface area contributed by atoms with E-state index in [9.17, 15) is 4.39 Å². The van der Waals surface area contributed by atoms with Crippen LogP contribution < -0.4 is 0 Å². The highest BCUT2D eigenvalue weighted by Crippen LogP contribution is 2.39. The summed E-state index contributed by atoms with van der Waals surface area (Å²) in [6.45, 7) is 4.03. The van der Waals surface area contributed by atoms with Crippen LogP contribution >= 0.6 is 11.6 Å². The number of allylic oxidation sites excluding steroid dienone is 1. The Bertz CT molecular complexity index is 367. The van der Waals surface area contributed by atoms with Crippen LogP contribution in [0.1, 0.15) is 24.8 Å². The molecule has 0 saturated heterocycles. The summed E-state index contributed by atoms with van der Waals surface area (Å²) < 4.78 is 12.8. The SMILES string of the molecule is C=C(c1ccc(F)cc1Cl)C1CCC1. The smallest absolute Gasteiger partial charge is 0.124 e. The molecule has 0 bridgehead atoms. The number of hydrogen-bond donors (Lipinski definition) is 0. The van der Waals surface area contributed by atoms with Crippen molar-refractivity contribution in [3.05, 3.63) is 41.2 Å². The number of benzene rings is 1. The third kappa shape index (κ3) is 1.69. The summed E-state index contributed by atoms with van der Waals surface area (Å²) in [5, 5.41) is 0.474. The Balaban J connectivity index is 2.26. The fourth-order valence-corrected chi connectivity index (χ4v) is 2.02. The predicted octanol–water partition coefficient (Wildman–Crippen LogP) is 4.29. The molecule has 0 nitrogen and oxygen atoms in total. The van der Waals surface area contributed by atoms with Crippen LogP contribution in [0.25, 0.3) is 5.57 Å². The van der Waals surface area contributed by atoms with Gasteiger partial charge in [-0.3, -0.25) is 0 Å². The molecule has 1 aliphatic carbocycles. The summed E-state index contributed by atoms with van der Waals surface area (Å²) in [5.74, 6) is 0.262. The quantitative estimate of drug-likeness (QED) is 0.683. The average molecular weight is 211 g/mol. The number of halogens is 2. The maximum Gasteiger partial charge on any atom is 0.124 e. The molecule has 1 aromatic rings. The van der Waals surface area contributed by atoms with E-state index in [0.717, 1.165) is 11.1 Å². The first-order valence-corrected chi connectivity index (χ1v) is 5.20. The van der Waals surface area contributed by atoms with E-state index in [1.165, 1.54) is 31.4 Å². The molecule has 0 aromatic heterocycles. The van der Waals surface area contributed by atoms with E-state index in [1.807, 2.05) is 0 Å². The van der Waals surface area contributed by atoms with Gasteiger partial charge in [-0.2, -0.15) is 0 Å². The highest BCUT2D eigenvalue weighted by molar-refractivity contribution is 6.32. The van der Waals surface area contributed by atoms with Crippen molar-refractivity contribution in [1.82, 2.24) is 0 Å². The van der Waals surface area contributed by atoms with Crippen LogP contribution in [0.15, 0.2) is 24.8 Å². The molecule has 2 heteroatoms. The second-order valence-electron chi connectivity index (χ2n) is 3.78. The van der Waals surface area contributed by atoms with Crippen molar-refractivity contribution in [3.8, 4) is 0 Å². The van der Waals surface area contributed by atoms with Gasteiger partial charge in [-0.1, -0.05) is 30.7 Å². The zero-order valence-corrected chi connectivity index (χ0v) is 8.65. The number of rotatable bonds is 2. The van der Waals surface area contributed by atoms with E-state index >= 15 is 0 Å². The van der Waals surface area contributed by atoms with Gasteiger partial charge in [0.25, 0.3) is 0 Å². The molecule has 0 heterocycles. The van der Waals surface area contributed by atoms with Crippen molar-refractivity contribution < 1.29 is 4.39 Å². The molecule has 14 heavy (non-hydrogen) atoms. The summed E-state index contributed by atoms with van der Waals surface area (Å²) in [6.07, 6.45) is 3.64. The first kappa shape index (κ1) is 9.72. The number of hydrogen-bond acceptors (Lipinski definition) is 0. The average Bonchev–Trinajstić information content (AvgIpc) is 2.00. The van der Waals surface area contributed by atoms with Crippen molar-refractivity contribution in [2.45, 2.75) is 19.3 Å². The molecule has 0 atom stereocenters. The van der Waals surface area contributed by atoms with Gasteiger partial charge in [0, 0.05) is 0 Å². The fraction of sp³-hybridized carbons (Fsp3) is 0.333. The van der Waals surface area contributed by atoms with Gasteiger partial charge in [0.05, 0.1) is 5.02 Å². The van der Waals surface area contributed by atoms with Crippen LogP contribution in [0.2, 0.25) is 5.02 Å². The maximum absolute atomic E-state index is 12.8. The molecule has 0 amide bonds. The second-order valence-corrected chi connectivity index (χ2v) is 4.18. The Kier molecular flexibility index (Phi) is 2.60. The van der Waals surface area contributed by atoms with Crippen LogP contribution in [0.4, 0.5) is 4.39 Å². The fourth-order valence-electron chi connectivity index (χ4n) is 1.73. The minimum Gasteiger partial charge on any atom is -0.207 e. The second kappa shape index (κ2) is 3.74. The zero-order chi connectivity index (χ0) is 10.1. The Hall–Kier alpha value is -0.820. The van der Waals surface area contributed by atoms with E-state index in [1.54, 1.807) is 6.07 Å². The van der Waals surface area contributed by atoms with Gasteiger partial charge in [-0.05, 0) is 42.0 Å². The molecule has 0 spiro atoms. The molecule has 0 aliphatic heterocycles. The van der Waals surface area contributed by atoms with Crippen molar-refractivity contribution in [2.75, 3.05) is 0 Å². The van der Waals surface area contributed by atoms with Gasteiger partial charge in [0.15, 0.2) is 0 Å². The first-order chi connectivity index (χ1) is 6.68. The lowest BCUT2D eigenvalue weighted by atomic mass is 9.78. The van der Waals surface area contributed by atoms with Gasteiger partial charge >= 0.3 is 0 Å². The van der Waals surface area contributed by atoms with E-state index in [-0.39, 0.29) is 5.82 Å². The standard InChI is InChI=1S/C12H12ClF/c1-8(9-3-2-4-9)11-6-5-10(14)7-12(11)13/h5-7,9H,1-4H2. The summed E-state index contributed by atoms with van der Waals surface area (Å²) in [7, 11) is 0. The molecule has 0 unspecified atom stereocenters. The lowest BCUT2D eigenvalue weighted by Gasteiger charge is -2.28. The van der Waals surface area contributed by atoms with Crippen molar-refractivity contribution >= 4 is 17.2 Å². The monoisotopic (exact) mass is 210 g/mol. The first-order valence-electron chi connectivity index (χ1n) is 4.82. The Morgan fingerprint density at radius 1 is 1.43 bits per heavy atom. The molecular weight excluding hydrogens is 199 g/mol. The highest BCUT2D eigenvalue weighted by atomic mass is 35.5. The van der Waals surface area contributed by atoms with Gasteiger partial charge in [-0.25, -0.2) is 4.39 Å². The largest absolute Gasteiger partial charge is 0.207 e. The Morgan fingerprint density at radius 2 is 2.14 bits per heavy atom. The van der Waals surface area contributed by atoms with Crippen LogP contribution in [-0.2, 0) is 0 Å². The topological polar surface area (TPSA) is 0 Å². The van der Waals surface area contributed by atoms with E-state index < -0.39 is 0 Å². The van der Waals surface area contributed by atoms with Gasteiger partial charge in [0.1, 0.15) is 5.82 Å². The summed E-state index contributed by atoms with van der Waals surface area (Å²) in [5.41, 5.74) is 1.96. The van der Waals surface area contributed by atoms with E-state index in [0.29, 0.717) is 10.9 Å². The summed E-state index contributed by atoms with van der Waals surface area (Å²) in [6, 6.07) is 4.50. The van der Waals surface area contributed by atoms with Gasteiger partial charge < -0.3 is 0 Å². The molecule has 0 N–H and O–H groups in total.